The lowest BCUT2D eigenvalue weighted by atomic mass is 10.1. The zero-order valence-corrected chi connectivity index (χ0v) is 18.7. The lowest BCUT2D eigenvalue weighted by Gasteiger charge is -2.09. The van der Waals surface area contributed by atoms with Gasteiger partial charge in [-0.15, -0.1) is 0 Å². The number of imide groups is 2. The van der Waals surface area contributed by atoms with Gasteiger partial charge >= 0.3 is 12.2 Å². The number of benzene rings is 1. The fourth-order valence-corrected chi connectivity index (χ4v) is 4.90. The molecule has 154 valence electrons. The average molecular weight is 481 g/mol. The van der Waals surface area contributed by atoms with Crippen molar-refractivity contribution >= 4 is 92.8 Å². The number of hydrogen-bond acceptors (Lipinski definition) is 10. The van der Waals surface area contributed by atoms with Crippen molar-refractivity contribution in [3.05, 3.63) is 45.2 Å². The molecule has 2 aliphatic rings. The molecule has 0 bridgehead atoms. The Morgan fingerprint density at radius 3 is 1.43 bits per heavy atom. The van der Waals surface area contributed by atoms with Crippen LogP contribution < -0.4 is 0 Å². The summed E-state index contributed by atoms with van der Waals surface area (Å²) in [5, 5.41) is 0. The molecule has 0 saturated carbocycles. The first-order chi connectivity index (χ1) is 14.3. The summed E-state index contributed by atoms with van der Waals surface area (Å²) in [5.74, 6) is -1.10. The van der Waals surface area contributed by atoms with Crippen LogP contribution in [0.15, 0.2) is 34.1 Å². The van der Waals surface area contributed by atoms with Gasteiger partial charge in [-0.3, -0.25) is 9.59 Å². The number of thiocarbonyl (C=S) groups is 2. The van der Waals surface area contributed by atoms with Crippen LogP contribution in [0.2, 0.25) is 0 Å². The van der Waals surface area contributed by atoms with Crippen molar-refractivity contribution in [2.24, 2.45) is 0 Å². The van der Waals surface area contributed by atoms with E-state index in [9.17, 15) is 19.2 Å². The van der Waals surface area contributed by atoms with Crippen LogP contribution in [0.25, 0.3) is 12.2 Å². The first-order valence-electron chi connectivity index (χ1n) is 8.08. The highest BCUT2D eigenvalue weighted by molar-refractivity contribution is 8.27. The van der Waals surface area contributed by atoms with Crippen molar-refractivity contribution in [2.45, 2.75) is 0 Å². The van der Waals surface area contributed by atoms with Crippen LogP contribution in [0.1, 0.15) is 11.1 Å². The molecule has 0 aliphatic carbocycles. The molecule has 2 fully saturated rings. The Hall–Kier alpha value is -2.54. The van der Waals surface area contributed by atoms with Gasteiger partial charge in [-0.25, -0.2) is 9.59 Å². The van der Waals surface area contributed by atoms with Crippen LogP contribution in [0, 0.1) is 0 Å². The van der Waals surface area contributed by atoms with E-state index in [1.54, 1.807) is 36.4 Å². The fraction of sp³-hybridized carbons (Fsp3) is 0.111. The van der Waals surface area contributed by atoms with E-state index in [4.69, 9.17) is 24.4 Å². The Bertz CT molecular complexity index is 964. The van der Waals surface area contributed by atoms with Gasteiger partial charge in [-0.2, -0.15) is 9.80 Å². The number of ether oxygens (including phenoxy) is 2. The van der Waals surface area contributed by atoms with Crippen LogP contribution in [0.5, 0.6) is 0 Å². The monoisotopic (exact) mass is 480 g/mol. The molecule has 0 aromatic heterocycles. The molecule has 2 heterocycles. The van der Waals surface area contributed by atoms with Gasteiger partial charge in [0.05, 0.1) is 24.0 Å². The normalized spacial score (nSPS) is 19.3. The molecule has 12 heteroatoms. The molecule has 0 atom stereocenters. The Morgan fingerprint density at radius 1 is 0.800 bits per heavy atom. The number of amides is 4. The summed E-state index contributed by atoms with van der Waals surface area (Å²) in [6.07, 6.45) is 1.53. The minimum atomic E-state index is -0.833. The summed E-state index contributed by atoms with van der Waals surface area (Å²) in [5.41, 5.74) is 1.39. The van der Waals surface area contributed by atoms with Crippen LogP contribution in [0.3, 0.4) is 0 Å². The molecule has 8 nitrogen and oxygen atoms in total. The van der Waals surface area contributed by atoms with Crippen molar-refractivity contribution in [1.29, 1.82) is 0 Å². The molecular formula is C18H12N2O6S4. The number of rotatable bonds is 2. The van der Waals surface area contributed by atoms with Crippen molar-refractivity contribution in [3.63, 3.8) is 0 Å². The van der Waals surface area contributed by atoms with Gasteiger partial charge in [-0.05, 0) is 23.3 Å². The van der Waals surface area contributed by atoms with Gasteiger partial charge in [0, 0.05) is 0 Å². The van der Waals surface area contributed by atoms with Gasteiger partial charge in [0.15, 0.2) is 8.64 Å². The molecule has 2 saturated heterocycles. The van der Waals surface area contributed by atoms with Crippen molar-refractivity contribution in [1.82, 2.24) is 9.80 Å². The SMILES string of the molecule is COC(=O)N1C(=O)/C(=C\c2ccc(/C=C3/SC(=S)N(C(=O)OC)C3=O)cc2)SC1=S. The number of carbonyl (C=O) groups is 4. The van der Waals surface area contributed by atoms with Gasteiger partial charge < -0.3 is 9.47 Å². The lowest BCUT2D eigenvalue weighted by molar-refractivity contribution is -0.121. The van der Waals surface area contributed by atoms with Crippen LogP contribution >= 0.6 is 48.0 Å². The highest BCUT2D eigenvalue weighted by Crippen LogP contribution is 2.34. The quantitative estimate of drug-likeness (QED) is 0.461. The maximum Gasteiger partial charge on any atom is 0.422 e. The Kier molecular flexibility index (Phi) is 6.71. The lowest BCUT2D eigenvalue weighted by Crippen LogP contribution is -2.34. The van der Waals surface area contributed by atoms with E-state index in [-0.39, 0.29) is 18.5 Å². The predicted molar refractivity (Wildman–Crippen MR) is 121 cm³/mol. The fourth-order valence-electron chi connectivity index (χ4n) is 2.42. The molecule has 1 aromatic rings. The molecule has 0 spiro atoms. The van der Waals surface area contributed by atoms with E-state index >= 15 is 0 Å². The van der Waals surface area contributed by atoms with Gasteiger partial charge in [0.25, 0.3) is 11.8 Å². The number of hydrogen-bond donors (Lipinski definition) is 0. The summed E-state index contributed by atoms with van der Waals surface area (Å²) < 4.78 is 9.32. The molecule has 4 amide bonds. The highest BCUT2D eigenvalue weighted by atomic mass is 32.2. The molecule has 1 aromatic carbocycles. The second-order valence-electron chi connectivity index (χ2n) is 5.64. The maximum atomic E-state index is 12.3. The summed E-state index contributed by atoms with van der Waals surface area (Å²) in [6, 6.07) is 6.93. The van der Waals surface area contributed by atoms with E-state index in [0.717, 1.165) is 33.3 Å². The third-order valence-electron chi connectivity index (χ3n) is 3.83. The Morgan fingerprint density at radius 2 is 1.13 bits per heavy atom. The van der Waals surface area contributed by atoms with Crippen molar-refractivity contribution < 1.29 is 28.7 Å². The van der Waals surface area contributed by atoms with E-state index in [0.29, 0.717) is 11.1 Å². The number of thioether (sulfide) groups is 2. The predicted octanol–water partition coefficient (Wildman–Crippen LogP) is 3.62. The standard InChI is InChI=1S/C18H12N2O6S4/c1-25-15(23)19-13(21)11(29-17(19)27)7-9-3-5-10(6-4-9)8-12-14(22)20(16(24)26-2)18(28)30-12/h3-8H,1-2H3/b11-7+,12-8+. The Labute approximate surface area is 190 Å². The zero-order chi connectivity index (χ0) is 22.0. The van der Waals surface area contributed by atoms with Crippen LogP contribution in [0.4, 0.5) is 9.59 Å². The molecule has 0 radical (unpaired) electrons. The minimum absolute atomic E-state index is 0.0994. The van der Waals surface area contributed by atoms with Crippen LogP contribution in [-0.4, -0.2) is 56.7 Å². The molecule has 0 N–H and O–H groups in total. The summed E-state index contributed by atoms with van der Waals surface area (Å²) in [6.45, 7) is 0. The number of nitrogens with zero attached hydrogens (tertiary/aromatic N) is 2. The number of methoxy groups -OCH3 is 2. The highest BCUT2D eigenvalue weighted by Gasteiger charge is 2.38. The Balaban J connectivity index is 1.78. The molecule has 3 rings (SSSR count). The zero-order valence-electron chi connectivity index (χ0n) is 15.4. The average Bonchev–Trinajstić information content (AvgIpc) is 3.16. The van der Waals surface area contributed by atoms with Crippen molar-refractivity contribution in [2.75, 3.05) is 14.2 Å². The second-order valence-corrected chi connectivity index (χ2v) is 8.99. The minimum Gasteiger partial charge on any atom is -0.452 e. The summed E-state index contributed by atoms with van der Waals surface area (Å²) in [7, 11) is 2.34. The van der Waals surface area contributed by atoms with E-state index in [1.807, 2.05) is 0 Å². The topological polar surface area (TPSA) is 93.2 Å². The largest absolute Gasteiger partial charge is 0.452 e. The second kappa shape index (κ2) is 9.08. The smallest absolute Gasteiger partial charge is 0.422 e. The van der Waals surface area contributed by atoms with Gasteiger partial charge in [-0.1, -0.05) is 72.2 Å². The maximum absolute atomic E-state index is 12.3. The molecule has 0 unspecified atom stereocenters. The van der Waals surface area contributed by atoms with Crippen LogP contribution in [-0.2, 0) is 19.1 Å². The van der Waals surface area contributed by atoms with E-state index in [2.05, 4.69) is 9.47 Å². The van der Waals surface area contributed by atoms with Gasteiger partial charge in [0.1, 0.15) is 0 Å². The summed E-state index contributed by atoms with van der Waals surface area (Å²) in [4.78, 5) is 50.2. The molecule has 30 heavy (non-hydrogen) atoms. The first kappa shape index (κ1) is 22.2. The van der Waals surface area contributed by atoms with E-state index in [1.165, 1.54) is 14.2 Å². The third-order valence-corrected chi connectivity index (χ3v) is 6.44. The van der Waals surface area contributed by atoms with E-state index < -0.39 is 24.0 Å². The van der Waals surface area contributed by atoms with Crippen molar-refractivity contribution in [3.8, 4) is 0 Å². The summed E-state index contributed by atoms with van der Waals surface area (Å²) >= 11 is 12.1. The van der Waals surface area contributed by atoms with Gasteiger partial charge in [0.2, 0.25) is 0 Å². The molecule has 2 aliphatic heterocycles. The molecular weight excluding hydrogens is 468 g/mol. The third kappa shape index (κ3) is 4.31. The first-order valence-corrected chi connectivity index (χ1v) is 10.5. The number of carbonyl (C=O) groups excluding carboxylic acids is 4.